The van der Waals surface area contributed by atoms with Crippen LogP contribution in [-0.2, 0) is 0 Å². The fourth-order valence-corrected chi connectivity index (χ4v) is 2.21. The number of benzene rings is 1. The zero-order valence-electron chi connectivity index (χ0n) is 10.4. The highest BCUT2D eigenvalue weighted by molar-refractivity contribution is 6.31. The summed E-state index contributed by atoms with van der Waals surface area (Å²) >= 11 is 11.8. The van der Waals surface area contributed by atoms with Crippen molar-refractivity contribution in [3.63, 3.8) is 0 Å². The number of anilines is 2. The molecule has 0 aliphatic carbocycles. The van der Waals surface area contributed by atoms with E-state index in [1.165, 1.54) is 12.4 Å². The van der Waals surface area contributed by atoms with E-state index in [1.807, 2.05) is 13.8 Å². The Labute approximate surface area is 120 Å². The highest BCUT2D eigenvalue weighted by Crippen LogP contribution is 2.31. The van der Waals surface area contributed by atoms with Crippen molar-refractivity contribution in [1.29, 1.82) is 0 Å². The molecule has 0 radical (unpaired) electrons. The third kappa shape index (κ3) is 3.14. The first-order valence-corrected chi connectivity index (χ1v) is 6.47. The molecule has 0 aliphatic rings. The fourth-order valence-electron chi connectivity index (χ4n) is 1.70. The molecule has 0 saturated heterocycles. The van der Waals surface area contributed by atoms with Gasteiger partial charge in [0.1, 0.15) is 23.1 Å². The lowest BCUT2D eigenvalue weighted by Gasteiger charge is -2.14. The average Bonchev–Trinajstić information content (AvgIpc) is 2.32. The lowest BCUT2D eigenvalue weighted by Crippen LogP contribution is -2.04. The molecular formula is C13H12Cl2FN3. The number of nitrogens with one attached hydrogen (secondary N) is 1. The summed E-state index contributed by atoms with van der Waals surface area (Å²) in [5.74, 6) is 0.166. The number of aromatic nitrogens is 2. The van der Waals surface area contributed by atoms with Gasteiger partial charge in [-0.3, -0.25) is 0 Å². The first-order valence-electron chi connectivity index (χ1n) is 5.71. The van der Waals surface area contributed by atoms with Crippen LogP contribution in [0.15, 0.2) is 24.5 Å². The molecule has 0 unspecified atom stereocenters. The smallest absolute Gasteiger partial charge is 0.148 e. The molecule has 0 fully saturated rings. The maximum absolute atomic E-state index is 13.7. The van der Waals surface area contributed by atoms with Gasteiger partial charge in [0.25, 0.3) is 0 Å². The molecule has 0 atom stereocenters. The van der Waals surface area contributed by atoms with Crippen molar-refractivity contribution in [3.05, 3.63) is 46.1 Å². The van der Waals surface area contributed by atoms with Crippen LogP contribution in [0.3, 0.4) is 0 Å². The molecule has 0 spiro atoms. The van der Waals surface area contributed by atoms with Crippen LogP contribution in [0.1, 0.15) is 25.3 Å². The van der Waals surface area contributed by atoms with Gasteiger partial charge in [0.15, 0.2) is 0 Å². The number of hydrogen-bond donors (Lipinski definition) is 1. The standard InChI is InChI=1S/C13H12Cl2FN3/c1-7(2)11-12(15)17-6-18-13(11)19-10-4-3-8(14)5-9(10)16/h3-7H,1-2H3,(H,17,18,19). The maximum Gasteiger partial charge on any atom is 0.148 e. The summed E-state index contributed by atoms with van der Waals surface area (Å²) in [4.78, 5) is 8.05. The van der Waals surface area contributed by atoms with E-state index in [1.54, 1.807) is 12.1 Å². The van der Waals surface area contributed by atoms with E-state index >= 15 is 0 Å². The van der Waals surface area contributed by atoms with Gasteiger partial charge in [0.05, 0.1) is 5.69 Å². The van der Waals surface area contributed by atoms with E-state index in [0.29, 0.717) is 21.7 Å². The van der Waals surface area contributed by atoms with Crippen LogP contribution in [0.2, 0.25) is 10.2 Å². The molecule has 0 bridgehead atoms. The van der Waals surface area contributed by atoms with Crippen LogP contribution < -0.4 is 5.32 Å². The van der Waals surface area contributed by atoms with Crippen molar-refractivity contribution >= 4 is 34.7 Å². The van der Waals surface area contributed by atoms with Gasteiger partial charge >= 0.3 is 0 Å². The van der Waals surface area contributed by atoms with Gasteiger partial charge in [-0.2, -0.15) is 0 Å². The normalized spacial score (nSPS) is 10.8. The molecule has 0 aliphatic heterocycles. The van der Waals surface area contributed by atoms with E-state index in [4.69, 9.17) is 23.2 Å². The van der Waals surface area contributed by atoms with Crippen molar-refractivity contribution in [2.24, 2.45) is 0 Å². The summed E-state index contributed by atoms with van der Waals surface area (Å²) in [5.41, 5.74) is 1.04. The Morgan fingerprint density at radius 3 is 2.58 bits per heavy atom. The Morgan fingerprint density at radius 1 is 1.21 bits per heavy atom. The molecule has 19 heavy (non-hydrogen) atoms. The molecule has 1 heterocycles. The van der Waals surface area contributed by atoms with Gasteiger partial charge in [-0.15, -0.1) is 0 Å². The second-order valence-electron chi connectivity index (χ2n) is 4.33. The minimum atomic E-state index is -0.447. The zero-order valence-corrected chi connectivity index (χ0v) is 11.9. The summed E-state index contributed by atoms with van der Waals surface area (Å²) in [6, 6.07) is 4.39. The Hall–Kier alpha value is -1.39. The van der Waals surface area contributed by atoms with Gasteiger partial charge in [-0.05, 0) is 24.1 Å². The summed E-state index contributed by atoms with van der Waals surface area (Å²) in [5, 5.41) is 3.62. The second kappa shape index (κ2) is 5.72. The predicted octanol–water partition coefficient (Wildman–Crippen LogP) is 4.79. The Balaban J connectivity index is 2.41. The predicted molar refractivity (Wildman–Crippen MR) is 75.8 cm³/mol. The van der Waals surface area contributed by atoms with Crippen molar-refractivity contribution in [2.45, 2.75) is 19.8 Å². The first kappa shape index (κ1) is 14.0. The zero-order chi connectivity index (χ0) is 14.0. The number of rotatable bonds is 3. The van der Waals surface area contributed by atoms with Crippen LogP contribution in [-0.4, -0.2) is 9.97 Å². The molecule has 0 amide bonds. The summed E-state index contributed by atoms with van der Waals surface area (Å²) in [7, 11) is 0. The summed E-state index contributed by atoms with van der Waals surface area (Å²) in [6.45, 7) is 3.93. The monoisotopic (exact) mass is 299 g/mol. The van der Waals surface area contributed by atoms with E-state index in [9.17, 15) is 4.39 Å². The molecule has 2 aromatic rings. The van der Waals surface area contributed by atoms with Crippen molar-refractivity contribution in [2.75, 3.05) is 5.32 Å². The molecular weight excluding hydrogens is 288 g/mol. The average molecular weight is 300 g/mol. The van der Waals surface area contributed by atoms with E-state index < -0.39 is 5.82 Å². The SMILES string of the molecule is CC(C)c1c(Cl)ncnc1Nc1ccc(Cl)cc1F. The maximum atomic E-state index is 13.7. The quantitative estimate of drug-likeness (QED) is 0.828. The van der Waals surface area contributed by atoms with E-state index in [-0.39, 0.29) is 5.92 Å². The number of hydrogen-bond acceptors (Lipinski definition) is 3. The van der Waals surface area contributed by atoms with Crippen LogP contribution in [0.4, 0.5) is 15.9 Å². The second-order valence-corrected chi connectivity index (χ2v) is 5.13. The highest BCUT2D eigenvalue weighted by atomic mass is 35.5. The molecule has 100 valence electrons. The Morgan fingerprint density at radius 2 is 1.95 bits per heavy atom. The van der Waals surface area contributed by atoms with Crippen LogP contribution in [0, 0.1) is 5.82 Å². The third-order valence-corrected chi connectivity index (χ3v) is 3.13. The largest absolute Gasteiger partial charge is 0.337 e. The lowest BCUT2D eigenvalue weighted by molar-refractivity contribution is 0.631. The van der Waals surface area contributed by atoms with Crippen LogP contribution >= 0.6 is 23.2 Å². The van der Waals surface area contributed by atoms with Gasteiger partial charge in [-0.1, -0.05) is 37.0 Å². The number of nitrogens with zero attached hydrogens (tertiary/aromatic N) is 2. The van der Waals surface area contributed by atoms with Crippen molar-refractivity contribution in [1.82, 2.24) is 9.97 Å². The molecule has 1 aromatic heterocycles. The molecule has 3 nitrogen and oxygen atoms in total. The van der Waals surface area contributed by atoms with Crippen molar-refractivity contribution in [3.8, 4) is 0 Å². The van der Waals surface area contributed by atoms with Gasteiger partial charge < -0.3 is 5.32 Å². The minimum Gasteiger partial charge on any atom is -0.337 e. The fraction of sp³-hybridized carbons (Fsp3) is 0.231. The first-order chi connectivity index (χ1) is 8.99. The summed E-state index contributed by atoms with van der Waals surface area (Å²) < 4.78 is 13.7. The Bertz CT molecular complexity index is 602. The Kier molecular flexibility index (Phi) is 4.22. The molecule has 1 N–H and O–H groups in total. The topological polar surface area (TPSA) is 37.8 Å². The van der Waals surface area contributed by atoms with Crippen LogP contribution in [0.25, 0.3) is 0 Å². The molecule has 1 aromatic carbocycles. The lowest BCUT2D eigenvalue weighted by atomic mass is 10.1. The van der Waals surface area contributed by atoms with Gasteiger partial charge in [-0.25, -0.2) is 14.4 Å². The van der Waals surface area contributed by atoms with Crippen LogP contribution in [0.5, 0.6) is 0 Å². The molecule has 2 rings (SSSR count). The van der Waals surface area contributed by atoms with Gasteiger partial charge in [0, 0.05) is 10.6 Å². The van der Waals surface area contributed by atoms with E-state index in [2.05, 4.69) is 15.3 Å². The molecule has 0 saturated carbocycles. The van der Waals surface area contributed by atoms with E-state index in [0.717, 1.165) is 5.56 Å². The minimum absolute atomic E-state index is 0.117. The third-order valence-electron chi connectivity index (χ3n) is 2.60. The van der Waals surface area contributed by atoms with Crippen molar-refractivity contribution < 1.29 is 4.39 Å². The number of halogens is 3. The summed E-state index contributed by atoms with van der Waals surface area (Å²) in [6.07, 6.45) is 1.34. The molecule has 6 heteroatoms. The van der Waals surface area contributed by atoms with Gasteiger partial charge in [0.2, 0.25) is 0 Å². The highest BCUT2D eigenvalue weighted by Gasteiger charge is 2.14.